The minimum Gasteiger partial charge on any atom is -0.345 e. The molecule has 16 heavy (non-hydrogen) atoms. The third-order valence-corrected chi connectivity index (χ3v) is 2.90. The zero-order valence-electron chi connectivity index (χ0n) is 9.66. The van der Waals surface area contributed by atoms with Crippen LogP contribution in [0.3, 0.4) is 0 Å². The minimum atomic E-state index is 0.232. The fourth-order valence-corrected chi connectivity index (χ4v) is 2.06. The summed E-state index contributed by atoms with van der Waals surface area (Å²) in [4.78, 5) is 13.4. The van der Waals surface area contributed by atoms with Crippen molar-refractivity contribution in [1.29, 1.82) is 0 Å². The molecule has 1 aromatic carbocycles. The normalized spacial score (nSPS) is 10.1. The Kier molecular flexibility index (Phi) is 6.16. The van der Waals surface area contributed by atoms with Crippen LogP contribution in [0.2, 0.25) is 0 Å². The van der Waals surface area contributed by atoms with Crippen molar-refractivity contribution in [2.24, 2.45) is 0 Å². The van der Waals surface area contributed by atoms with Crippen molar-refractivity contribution >= 4 is 21.8 Å². The predicted octanol–water partition coefficient (Wildman–Crippen LogP) is 2.86. The maximum Gasteiger partial charge on any atom is 0.222 e. The highest BCUT2D eigenvalue weighted by Gasteiger charge is 2.06. The lowest BCUT2D eigenvalue weighted by atomic mass is 10.1. The van der Waals surface area contributed by atoms with Gasteiger partial charge in [-0.3, -0.25) is 4.79 Å². The van der Waals surface area contributed by atoms with Crippen LogP contribution in [0.25, 0.3) is 0 Å². The summed E-state index contributed by atoms with van der Waals surface area (Å²) in [6, 6.07) is 10.3. The molecule has 0 heterocycles. The molecule has 1 amide bonds. The monoisotopic (exact) mass is 283 g/mol. The van der Waals surface area contributed by atoms with Crippen molar-refractivity contribution in [3.05, 3.63) is 35.9 Å². The molecule has 88 valence electrons. The number of rotatable bonds is 6. The Balaban J connectivity index is 2.23. The van der Waals surface area contributed by atoms with Crippen molar-refractivity contribution < 1.29 is 4.79 Å². The van der Waals surface area contributed by atoms with Gasteiger partial charge in [0.1, 0.15) is 0 Å². The lowest BCUT2D eigenvalue weighted by molar-refractivity contribution is -0.129. The summed E-state index contributed by atoms with van der Waals surface area (Å²) in [6.45, 7) is 0.782. The Morgan fingerprint density at radius 2 is 2.00 bits per heavy atom. The molecule has 0 saturated carbocycles. The molecule has 3 heteroatoms. The van der Waals surface area contributed by atoms with Gasteiger partial charge < -0.3 is 4.90 Å². The fourth-order valence-electron chi connectivity index (χ4n) is 1.53. The van der Waals surface area contributed by atoms with E-state index in [1.54, 1.807) is 4.90 Å². The van der Waals surface area contributed by atoms with Crippen LogP contribution >= 0.6 is 15.9 Å². The molecule has 0 bridgehead atoms. The second-order valence-electron chi connectivity index (χ2n) is 3.84. The highest BCUT2D eigenvalue weighted by molar-refractivity contribution is 9.09. The Bertz CT molecular complexity index is 313. The van der Waals surface area contributed by atoms with Gasteiger partial charge in [0.05, 0.1) is 0 Å². The Morgan fingerprint density at radius 1 is 1.31 bits per heavy atom. The van der Waals surface area contributed by atoms with Crippen LogP contribution < -0.4 is 0 Å². The molecular weight excluding hydrogens is 266 g/mol. The van der Waals surface area contributed by atoms with Crippen LogP contribution in [0.4, 0.5) is 0 Å². The number of carbonyl (C=O) groups is 1. The maximum absolute atomic E-state index is 11.6. The van der Waals surface area contributed by atoms with Gasteiger partial charge in [-0.25, -0.2) is 0 Å². The van der Waals surface area contributed by atoms with Crippen LogP contribution in [-0.4, -0.2) is 29.7 Å². The summed E-state index contributed by atoms with van der Waals surface area (Å²) >= 11 is 3.33. The number of hydrogen-bond acceptors (Lipinski definition) is 1. The Hall–Kier alpha value is -0.830. The molecule has 2 nitrogen and oxygen atoms in total. The number of halogens is 1. The standard InChI is InChI=1S/C13H18BrNO/c1-15(11-10-14)13(16)9-5-8-12-6-3-2-4-7-12/h2-4,6-7H,5,8-11H2,1H3. The number of hydrogen-bond donors (Lipinski definition) is 0. The molecule has 1 rings (SSSR count). The molecule has 0 radical (unpaired) electrons. The largest absolute Gasteiger partial charge is 0.345 e. The summed E-state index contributed by atoms with van der Waals surface area (Å²) in [6.07, 6.45) is 2.54. The molecule has 1 aromatic rings. The second kappa shape index (κ2) is 7.44. The molecule has 0 aliphatic heterocycles. The van der Waals surface area contributed by atoms with Crippen LogP contribution in [0.1, 0.15) is 18.4 Å². The number of amides is 1. The van der Waals surface area contributed by atoms with Crippen molar-refractivity contribution in [3.8, 4) is 0 Å². The van der Waals surface area contributed by atoms with Crippen LogP contribution in [0.5, 0.6) is 0 Å². The highest BCUT2D eigenvalue weighted by Crippen LogP contribution is 2.05. The predicted molar refractivity (Wildman–Crippen MR) is 70.8 cm³/mol. The van der Waals surface area contributed by atoms with Gasteiger partial charge in [-0.1, -0.05) is 46.3 Å². The number of nitrogens with zero attached hydrogens (tertiary/aromatic N) is 1. The van der Waals surface area contributed by atoms with Crippen molar-refractivity contribution in [3.63, 3.8) is 0 Å². The number of aryl methyl sites for hydroxylation is 1. The van der Waals surface area contributed by atoms with E-state index in [0.717, 1.165) is 24.7 Å². The van der Waals surface area contributed by atoms with Gasteiger partial charge in [-0.2, -0.15) is 0 Å². The SMILES string of the molecule is CN(CCBr)C(=O)CCCc1ccccc1. The fraction of sp³-hybridized carbons (Fsp3) is 0.462. The lowest BCUT2D eigenvalue weighted by Crippen LogP contribution is -2.28. The molecule has 0 N–H and O–H groups in total. The lowest BCUT2D eigenvalue weighted by Gasteiger charge is -2.15. The Morgan fingerprint density at radius 3 is 2.62 bits per heavy atom. The number of carbonyl (C=O) groups excluding carboxylic acids is 1. The average Bonchev–Trinajstić information content (AvgIpc) is 2.30. The van der Waals surface area contributed by atoms with Gasteiger partial charge in [0.25, 0.3) is 0 Å². The summed E-state index contributed by atoms with van der Waals surface area (Å²) < 4.78 is 0. The van der Waals surface area contributed by atoms with Crippen molar-refractivity contribution in [2.45, 2.75) is 19.3 Å². The highest BCUT2D eigenvalue weighted by atomic mass is 79.9. The second-order valence-corrected chi connectivity index (χ2v) is 4.64. The molecule has 0 unspecified atom stereocenters. The summed E-state index contributed by atoms with van der Waals surface area (Å²) in [5.74, 6) is 0.232. The molecule has 0 fully saturated rings. The van der Waals surface area contributed by atoms with Gasteiger partial charge in [-0.05, 0) is 18.4 Å². The summed E-state index contributed by atoms with van der Waals surface area (Å²) in [7, 11) is 1.85. The van der Waals surface area contributed by atoms with Crippen LogP contribution in [0.15, 0.2) is 30.3 Å². The first-order chi connectivity index (χ1) is 7.74. The van der Waals surface area contributed by atoms with E-state index in [0.29, 0.717) is 6.42 Å². The van der Waals surface area contributed by atoms with Crippen molar-refractivity contribution in [1.82, 2.24) is 4.90 Å². The molecule has 0 aliphatic carbocycles. The van der Waals surface area contributed by atoms with E-state index < -0.39 is 0 Å². The zero-order valence-corrected chi connectivity index (χ0v) is 11.2. The zero-order chi connectivity index (χ0) is 11.8. The van der Waals surface area contributed by atoms with Gasteiger partial charge >= 0.3 is 0 Å². The third kappa shape index (κ3) is 4.79. The molecule has 0 spiro atoms. The van der Waals surface area contributed by atoms with E-state index in [9.17, 15) is 4.79 Å². The topological polar surface area (TPSA) is 20.3 Å². The average molecular weight is 284 g/mol. The summed E-state index contributed by atoms with van der Waals surface area (Å²) in [5.41, 5.74) is 1.30. The van der Waals surface area contributed by atoms with Crippen LogP contribution in [0, 0.1) is 0 Å². The first kappa shape index (κ1) is 13.2. The van der Waals surface area contributed by atoms with Gasteiger partial charge in [-0.15, -0.1) is 0 Å². The third-order valence-electron chi connectivity index (χ3n) is 2.54. The Labute approximate surface area is 106 Å². The molecule has 0 aromatic heterocycles. The first-order valence-electron chi connectivity index (χ1n) is 5.58. The molecule has 0 saturated heterocycles. The maximum atomic E-state index is 11.6. The first-order valence-corrected chi connectivity index (χ1v) is 6.70. The summed E-state index contributed by atoms with van der Waals surface area (Å²) in [5, 5.41) is 0.841. The number of alkyl halides is 1. The van der Waals surface area contributed by atoms with Crippen molar-refractivity contribution in [2.75, 3.05) is 18.9 Å². The van der Waals surface area contributed by atoms with E-state index in [4.69, 9.17) is 0 Å². The van der Waals surface area contributed by atoms with Gasteiger partial charge in [0, 0.05) is 25.3 Å². The molecular formula is C13H18BrNO. The van der Waals surface area contributed by atoms with E-state index in [1.165, 1.54) is 5.56 Å². The molecule has 0 aliphatic rings. The van der Waals surface area contributed by atoms with E-state index in [2.05, 4.69) is 28.1 Å². The quantitative estimate of drug-likeness (QED) is 0.736. The van der Waals surface area contributed by atoms with Gasteiger partial charge in [0.15, 0.2) is 0 Å². The van der Waals surface area contributed by atoms with Gasteiger partial charge in [0.2, 0.25) is 5.91 Å². The minimum absolute atomic E-state index is 0.232. The smallest absolute Gasteiger partial charge is 0.222 e. The van der Waals surface area contributed by atoms with Crippen LogP contribution in [-0.2, 0) is 11.2 Å². The molecule has 0 atom stereocenters. The van der Waals surface area contributed by atoms with E-state index in [-0.39, 0.29) is 5.91 Å². The van der Waals surface area contributed by atoms with E-state index >= 15 is 0 Å². The number of benzene rings is 1. The van der Waals surface area contributed by atoms with E-state index in [1.807, 2.05) is 25.2 Å².